The number of aliphatic hydroxyl groups is 5. The first-order valence-electron chi connectivity index (χ1n) is 30.7. The minimum atomic E-state index is -1.57. The normalized spacial score (nSPS) is 19.5. The summed E-state index contributed by atoms with van der Waals surface area (Å²) in [5, 5.41) is 54.6. The lowest BCUT2D eigenvalue weighted by molar-refractivity contribution is -0.302. The van der Waals surface area contributed by atoms with Crippen LogP contribution in [0.1, 0.15) is 296 Å². The first-order chi connectivity index (χ1) is 34.8. The Hall–Kier alpha value is -1.59. The van der Waals surface area contributed by atoms with E-state index in [1.165, 1.54) is 231 Å². The van der Waals surface area contributed by atoms with Gasteiger partial charge in [0.2, 0.25) is 5.91 Å². The van der Waals surface area contributed by atoms with E-state index in [4.69, 9.17) is 9.47 Å². The van der Waals surface area contributed by atoms with Crippen molar-refractivity contribution in [1.29, 1.82) is 0 Å². The van der Waals surface area contributed by atoms with Gasteiger partial charge in [-0.1, -0.05) is 281 Å². The average Bonchev–Trinajstić information content (AvgIpc) is 3.37. The van der Waals surface area contributed by atoms with Crippen molar-refractivity contribution in [2.24, 2.45) is 0 Å². The van der Waals surface area contributed by atoms with E-state index in [0.29, 0.717) is 6.42 Å². The van der Waals surface area contributed by atoms with Crippen LogP contribution in [-0.2, 0) is 14.3 Å². The van der Waals surface area contributed by atoms with Crippen molar-refractivity contribution in [3.63, 3.8) is 0 Å². The third kappa shape index (κ3) is 41.4. The van der Waals surface area contributed by atoms with Crippen LogP contribution in [0.4, 0.5) is 0 Å². The van der Waals surface area contributed by atoms with Crippen molar-refractivity contribution in [3.05, 3.63) is 36.5 Å². The van der Waals surface area contributed by atoms with Crippen LogP contribution in [0.3, 0.4) is 0 Å². The molecule has 1 heterocycles. The number of unbranched alkanes of at least 4 members (excludes halogenated alkanes) is 39. The fourth-order valence-electron chi connectivity index (χ4n) is 9.84. The molecule has 9 nitrogen and oxygen atoms in total. The van der Waals surface area contributed by atoms with Gasteiger partial charge in [-0.05, 0) is 44.9 Å². The summed E-state index contributed by atoms with van der Waals surface area (Å²) >= 11 is 0. The molecule has 0 spiro atoms. The molecule has 1 amide bonds. The largest absolute Gasteiger partial charge is 0.394 e. The summed E-state index contributed by atoms with van der Waals surface area (Å²) in [6.07, 6.45) is 60.8. The van der Waals surface area contributed by atoms with E-state index in [9.17, 15) is 30.3 Å². The van der Waals surface area contributed by atoms with Crippen molar-refractivity contribution in [2.75, 3.05) is 13.2 Å². The summed E-state index contributed by atoms with van der Waals surface area (Å²) in [5.41, 5.74) is 0. The quantitative estimate of drug-likeness (QED) is 0.0261. The van der Waals surface area contributed by atoms with Crippen molar-refractivity contribution in [3.8, 4) is 0 Å². The Morgan fingerprint density at radius 2 is 0.803 bits per heavy atom. The van der Waals surface area contributed by atoms with E-state index in [1.807, 2.05) is 6.08 Å². The van der Waals surface area contributed by atoms with Gasteiger partial charge in [0.25, 0.3) is 0 Å². The molecule has 1 rings (SSSR count). The second-order valence-corrected chi connectivity index (χ2v) is 21.5. The fourth-order valence-corrected chi connectivity index (χ4v) is 9.84. The summed E-state index contributed by atoms with van der Waals surface area (Å²) in [6, 6.07) is -0.827. The third-order valence-corrected chi connectivity index (χ3v) is 14.7. The van der Waals surface area contributed by atoms with Gasteiger partial charge in [0.15, 0.2) is 6.29 Å². The molecular weight excluding hydrogens is 887 g/mol. The van der Waals surface area contributed by atoms with Gasteiger partial charge in [-0.3, -0.25) is 4.79 Å². The number of aliphatic hydroxyl groups excluding tert-OH is 5. The molecule has 1 saturated heterocycles. The monoisotopic (exact) mass is 1000 g/mol. The summed E-state index contributed by atoms with van der Waals surface area (Å²) in [5.74, 6) is -0.185. The van der Waals surface area contributed by atoms with Gasteiger partial charge in [0.05, 0.1) is 25.4 Å². The van der Waals surface area contributed by atoms with Crippen LogP contribution in [0.15, 0.2) is 36.5 Å². The number of hydrogen-bond donors (Lipinski definition) is 6. The van der Waals surface area contributed by atoms with Gasteiger partial charge >= 0.3 is 0 Å². The van der Waals surface area contributed by atoms with E-state index in [2.05, 4.69) is 43.5 Å². The molecule has 0 aromatic rings. The molecule has 0 saturated carbocycles. The zero-order valence-corrected chi connectivity index (χ0v) is 46.5. The molecule has 7 atom stereocenters. The van der Waals surface area contributed by atoms with Crippen LogP contribution in [0.2, 0.25) is 0 Å². The zero-order chi connectivity index (χ0) is 51.5. The van der Waals surface area contributed by atoms with Gasteiger partial charge in [0, 0.05) is 6.42 Å². The van der Waals surface area contributed by atoms with E-state index < -0.39 is 49.5 Å². The number of carbonyl (C=O) groups excluding carboxylic acids is 1. The SMILES string of the molecule is CCCCCCCCCCCCCCCC/C=C/CC/C=C/CC/C=C/C(O)C(COC1OC(CO)C(O)C(O)C1O)NC(=O)CCCCCCCCCCCCCCCCCCCCCCCCCC. The van der Waals surface area contributed by atoms with Crippen LogP contribution in [-0.4, -0.2) is 87.5 Å². The van der Waals surface area contributed by atoms with Crippen LogP contribution in [0.25, 0.3) is 0 Å². The Morgan fingerprint density at radius 1 is 0.465 bits per heavy atom. The lowest BCUT2D eigenvalue weighted by atomic mass is 9.99. The Balaban J connectivity index is 2.23. The summed E-state index contributed by atoms with van der Waals surface area (Å²) in [4.78, 5) is 13.1. The molecule has 1 fully saturated rings. The molecule has 0 bridgehead atoms. The first-order valence-corrected chi connectivity index (χ1v) is 30.7. The minimum Gasteiger partial charge on any atom is -0.394 e. The molecule has 418 valence electrons. The van der Waals surface area contributed by atoms with E-state index in [-0.39, 0.29) is 12.5 Å². The van der Waals surface area contributed by atoms with Gasteiger partial charge in [-0.25, -0.2) is 0 Å². The molecule has 71 heavy (non-hydrogen) atoms. The number of hydrogen-bond acceptors (Lipinski definition) is 8. The summed E-state index contributed by atoms with van der Waals surface area (Å²) in [6.45, 7) is 3.80. The fraction of sp³-hybridized carbons (Fsp3) is 0.887. The van der Waals surface area contributed by atoms with Crippen molar-refractivity contribution in [1.82, 2.24) is 5.32 Å². The highest BCUT2D eigenvalue weighted by Gasteiger charge is 2.44. The van der Waals surface area contributed by atoms with Crippen LogP contribution >= 0.6 is 0 Å². The summed E-state index contributed by atoms with van der Waals surface area (Å²) in [7, 11) is 0. The maximum Gasteiger partial charge on any atom is 0.220 e. The minimum absolute atomic E-state index is 0.185. The maximum absolute atomic E-state index is 13.1. The summed E-state index contributed by atoms with van der Waals surface area (Å²) < 4.78 is 11.3. The Morgan fingerprint density at radius 3 is 1.18 bits per heavy atom. The molecule has 7 unspecified atom stereocenters. The molecule has 6 N–H and O–H groups in total. The molecule has 0 aliphatic carbocycles. The molecule has 0 radical (unpaired) electrons. The molecule has 1 aliphatic heterocycles. The zero-order valence-electron chi connectivity index (χ0n) is 46.5. The number of allylic oxidation sites excluding steroid dienone is 5. The number of ether oxygens (including phenoxy) is 2. The van der Waals surface area contributed by atoms with Gasteiger partial charge in [0.1, 0.15) is 24.4 Å². The number of rotatable bonds is 53. The highest BCUT2D eigenvalue weighted by Crippen LogP contribution is 2.23. The van der Waals surface area contributed by atoms with Crippen LogP contribution in [0.5, 0.6) is 0 Å². The highest BCUT2D eigenvalue weighted by atomic mass is 16.7. The van der Waals surface area contributed by atoms with Crippen molar-refractivity contribution >= 4 is 5.91 Å². The van der Waals surface area contributed by atoms with E-state index >= 15 is 0 Å². The van der Waals surface area contributed by atoms with Gasteiger partial charge in [-0.2, -0.15) is 0 Å². The average molecular weight is 1000 g/mol. The van der Waals surface area contributed by atoms with Crippen molar-refractivity contribution < 1.29 is 39.8 Å². The lowest BCUT2D eigenvalue weighted by Gasteiger charge is -2.40. The Bertz CT molecular complexity index is 1210. The highest BCUT2D eigenvalue weighted by molar-refractivity contribution is 5.76. The van der Waals surface area contributed by atoms with E-state index in [0.717, 1.165) is 44.9 Å². The van der Waals surface area contributed by atoms with Crippen LogP contribution < -0.4 is 5.32 Å². The molecule has 1 aliphatic rings. The third-order valence-electron chi connectivity index (χ3n) is 14.7. The van der Waals surface area contributed by atoms with Gasteiger partial charge in [-0.15, -0.1) is 0 Å². The molecule has 0 aromatic heterocycles. The first kappa shape index (κ1) is 67.4. The molecular formula is C62H117NO8. The Labute approximate surface area is 438 Å². The van der Waals surface area contributed by atoms with Crippen LogP contribution in [0, 0.1) is 0 Å². The standard InChI is InChI=1S/C62H117NO8/c1-3-5-7-9-11-13-15-17-19-21-23-25-27-29-31-33-35-37-39-41-43-45-47-49-51-56(65)55(54-70-62-61(69)60(68)59(67)57(53-64)71-62)63-58(66)52-50-48-46-44-42-40-38-36-34-32-30-28-26-24-22-20-18-16-14-12-10-8-6-4-2/h33,35,41,43,49,51,55-57,59-62,64-65,67-69H,3-32,34,36-40,42,44-48,50,52-54H2,1-2H3,(H,63,66)/b35-33+,43-41+,51-49+. The van der Waals surface area contributed by atoms with Gasteiger partial charge < -0.3 is 40.3 Å². The number of carbonyl (C=O) groups is 1. The topological polar surface area (TPSA) is 149 Å². The smallest absolute Gasteiger partial charge is 0.220 e. The van der Waals surface area contributed by atoms with Crippen molar-refractivity contribution in [2.45, 2.75) is 339 Å². The second-order valence-electron chi connectivity index (χ2n) is 21.5. The Kier molecular flexibility index (Phi) is 49.3. The predicted octanol–water partition coefficient (Wildman–Crippen LogP) is 15.5. The van der Waals surface area contributed by atoms with E-state index in [1.54, 1.807) is 6.08 Å². The number of amides is 1. The molecule has 0 aromatic carbocycles. The molecule has 9 heteroatoms. The lowest BCUT2D eigenvalue weighted by Crippen LogP contribution is -2.60. The predicted molar refractivity (Wildman–Crippen MR) is 300 cm³/mol. The maximum atomic E-state index is 13.1. The number of nitrogens with one attached hydrogen (secondary N) is 1. The second kappa shape index (κ2) is 51.9.